The van der Waals surface area contributed by atoms with Crippen LogP contribution >= 0.6 is 0 Å². The molecule has 5 rings (SSSR count). The summed E-state index contributed by atoms with van der Waals surface area (Å²) in [7, 11) is 1.61. The Bertz CT molecular complexity index is 1640. The van der Waals surface area contributed by atoms with Crippen LogP contribution in [0.1, 0.15) is 16.1 Å². The molecule has 0 aliphatic rings. The van der Waals surface area contributed by atoms with E-state index in [1.54, 1.807) is 36.7 Å². The van der Waals surface area contributed by atoms with Crippen molar-refractivity contribution in [3.05, 3.63) is 100 Å². The van der Waals surface area contributed by atoms with Crippen LogP contribution in [0, 0.1) is 18.6 Å². The highest BCUT2D eigenvalue weighted by Crippen LogP contribution is 2.26. The number of anilines is 1. The SMILES string of the molecule is Cc1c(C(=O)Nc2ccc(Oc3ncnc4cccn34)c(F)c2)c(=O)n(-c2ccc(F)cc2)n1C. The summed E-state index contributed by atoms with van der Waals surface area (Å²) in [5, 5.41) is 2.55. The highest BCUT2D eigenvalue weighted by molar-refractivity contribution is 6.05. The summed E-state index contributed by atoms with van der Waals surface area (Å²) in [6.45, 7) is 1.61. The number of amides is 1. The monoisotopic (exact) mass is 476 g/mol. The van der Waals surface area contributed by atoms with Crippen LogP contribution in [0.4, 0.5) is 14.5 Å². The Balaban J connectivity index is 1.40. The zero-order chi connectivity index (χ0) is 24.7. The van der Waals surface area contributed by atoms with Gasteiger partial charge in [-0.05, 0) is 55.5 Å². The quantitative estimate of drug-likeness (QED) is 0.416. The van der Waals surface area contributed by atoms with Crippen molar-refractivity contribution in [2.45, 2.75) is 6.92 Å². The van der Waals surface area contributed by atoms with Crippen LogP contribution in [-0.2, 0) is 7.05 Å². The summed E-state index contributed by atoms with van der Waals surface area (Å²) >= 11 is 0. The van der Waals surface area contributed by atoms with Crippen LogP contribution in [0.3, 0.4) is 0 Å². The molecule has 0 aliphatic carbocycles. The highest BCUT2D eigenvalue weighted by atomic mass is 19.1. The van der Waals surface area contributed by atoms with Crippen LogP contribution < -0.4 is 15.6 Å². The van der Waals surface area contributed by atoms with Crippen molar-refractivity contribution in [2.24, 2.45) is 7.05 Å². The van der Waals surface area contributed by atoms with Crippen LogP contribution in [-0.4, -0.2) is 29.6 Å². The summed E-state index contributed by atoms with van der Waals surface area (Å²) in [6, 6.07) is 12.8. The van der Waals surface area contributed by atoms with Crippen LogP contribution in [0.2, 0.25) is 0 Å². The van der Waals surface area contributed by atoms with Gasteiger partial charge in [0.2, 0.25) is 0 Å². The summed E-state index contributed by atoms with van der Waals surface area (Å²) < 4.78 is 37.9. The lowest BCUT2D eigenvalue weighted by Gasteiger charge is -2.09. The van der Waals surface area contributed by atoms with Crippen molar-refractivity contribution in [1.82, 2.24) is 23.7 Å². The van der Waals surface area contributed by atoms with E-state index in [9.17, 15) is 18.4 Å². The van der Waals surface area contributed by atoms with Gasteiger partial charge in [0.25, 0.3) is 11.5 Å². The van der Waals surface area contributed by atoms with Gasteiger partial charge in [0, 0.05) is 25.0 Å². The molecular formula is C24H18F2N6O3. The van der Waals surface area contributed by atoms with Gasteiger partial charge in [0.05, 0.1) is 11.4 Å². The summed E-state index contributed by atoms with van der Waals surface area (Å²) in [5.41, 5.74) is 0.794. The summed E-state index contributed by atoms with van der Waals surface area (Å²) in [6.07, 6.45) is 2.98. The minimum absolute atomic E-state index is 0.105. The molecule has 9 nitrogen and oxygen atoms in total. The van der Waals surface area contributed by atoms with E-state index in [0.29, 0.717) is 17.0 Å². The Kier molecular flexibility index (Phi) is 5.36. The predicted octanol–water partition coefficient (Wildman–Crippen LogP) is 3.85. The maximum absolute atomic E-state index is 14.8. The molecule has 0 radical (unpaired) electrons. The standard InChI is InChI=1S/C24H18F2N6O3/c1-14-21(23(34)32(30(14)2)17-8-5-15(25)6-9-17)22(33)29-16-7-10-19(18(26)12-16)35-24-28-13-27-20-4-3-11-31(20)24/h3-13H,1-2H3,(H,29,33). The lowest BCUT2D eigenvalue weighted by molar-refractivity contribution is 0.102. The van der Waals surface area contributed by atoms with E-state index < -0.39 is 23.1 Å². The van der Waals surface area contributed by atoms with Gasteiger partial charge in [-0.25, -0.2) is 18.4 Å². The lowest BCUT2D eigenvalue weighted by Crippen LogP contribution is -2.25. The van der Waals surface area contributed by atoms with Crippen molar-refractivity contribution in [3.63, 3.8) is 0 Å². The molecule has 1 amide bonds. The minimum Gasteiger partial charge on any atom is -0.422 e. The molecule has 0 bridgehead atoms. The first-order valence-corrected chi connectivity index (χ1v) is 10.4. The fraction of sp³-hybridized carbons (Fsp3) is 0.0833. The second-order valence-electron chi connectivity index (χ2n) is 7.67. The Labute approximate surface area is 196 Å². The normalized spacial score (nSPS) is 11.1. The molecule has 11 heteroatoms. The van der Waals surface area contributed by atoms with E-state index in [2.05, 4.69) is 15.3 Å². The molecule has 1 N–H and O–H groups in total. The van der Waals surface area contributed by atoms with Crippen LogP contribution in [0.5, 0.6) is 11.8 Å². The van der Waals surface area contributed by atoms with Gasteiger partial charge in [-0.1, -0.05) is 0 Å². The molecule has 0 saturated heterocycles. The number of halogens is 2. The molecule has 0 aliphatic heterocycles. The third-order valence-electron chi connectivity index (χ3n) is 5.53. The van der Waals surface area contributed by atoms with Gasteiger partial charge in [-0.2, -0.15) is 4.98 Å². The number of fused-ring (bicyclic) bond motifs is 1. The maximum Gasteiger partial charge on any atom is 0.309 e. The molecule has 2 aromatic carbocycles. The smallest absolute Gasteiger partial charge is 0.309 e. The molecule has 5 aromatic rings. The van der Waals surface area contributed by atoms with Gasteiger partial charge in [0.15, 0.2) is 11.6 Å². The average molecular weight is 476 g/mol. The van der Waals surface area contributed by atoms with E-state index in [4.69, 9.17) is 4.74 Å². The number of aromatic nitrogens is 5. The zero-order valence-electron chi connectivity index (χ0n) is 18.6. The third-order valence-corrected chi connectivity index (χ3v) is 5.53. The largest absolute Gasteiger partial charge is 0.422 e. The summed E-state index contributed by atoms with van der Waals surface area (Å²) in [5.74, 6) is -2.00. The lowest BCUT2D eigenvalue weighted by atomic mass is 10.2. The molecule has 35 heavy (non-hydrogen) atoms. The highest BCUT2D eigenvalue weighted by Gasteiger charge is 2.23. The molecule has 0 spiro atoms. The number of hydrogen-bond donors (Lipinski definition) is 1. The topological polar surface area (TPSA) is 95.5 Å². The minimum atomic E-state index is -0.741. The number of carbonyl (C=O) groups is 1. The molecule has 3 aromatic heterocycles. The maximum atomic E-state index is 14.8. The van der Waals surface area contributed by atoms with Gasteiger partial charge in [0.1, 0.15) is 23.4 Å². The van der Waals surface area contributed by atoms with Gasteiger partial charge in [-0.15, -0.1) is 0 Å². The van der Waals surface area contributed by atoms with E-state index in [0.717, 1.165) is 6.07 Å². The molecule has 0 fully saturated rings. The van der Waals surface area contributed by atoms with Gasteiger partial charge < -0.3 is 10.1 Å². The molecule has 0 atom stereocenters. The number of carbonyl (C=O) groups excluding carboxylic acids is 1. The van der Waals surface area contributed by atoms with Crippen molar-refractivity contribution < 1.29 is 18.3 Å². The fourth-order valence-corrected chi connectivity index (χ4v) is 3.71. The Morgan fingerprint density at radius 3 is 2.57 bits per heavy atom. The number of nitrogens with zero attached hydrogens (tertiary/aromatic N) is 5. The van der Waals surface area contributed by atoms with Gasteiger partial charge in [-0.3, -0.25) is 18.7 Å². The van der Waals surface area contributed by atoms with Crippen LogP contribution in [0.25, 0.3) is 11.3 Å². The number of rotatable bonds is 5. The molecule has 3 heterocycles. The number of benzene rings is 2. The third kappa shape index (κ3) is 3.92. The van der Waals surface area contributed by atoms with Crippen LogP contribution in [0.15, 0.2) is 71.9 Å². The molecule has 0 saturated carbocycles. The predicted molar refractivity (Wildman–Crippen MR) is 123 cm³/mol. The number of ether oxygens (including phenoxy) is 1. The molecular weight excluding hydrogens is 458 g/mol. The van der Waals surface area contributed by atoms with E-state index in [1.807, 2.05) is 0 Å². The Hall–Kier alpha value is -4.80. The number of nitrogens with one attached hydrogen (secondary N) is 1. The zero-order valence-corrected chi connectivity index (χ0v) is 18.6. The van der Waals surface area contributed by atoms with E-state index in [1.165, 1.54) is 52.1 Å². The first kappa shape index (κ1) is 22.0. The summed E-state index contributed by atoms with van der Waals surface area (Å²) in [4.78, 5) is 34.0. The van der Waals surface area contributed by atoms with Crippen molar-refractivity contribution in [2.75, 3.05) is 5.32 Å². The Morgan fingerprint density at radius 2 is 1.83 bits per heavy atom. The van der Waals surface area contributed by atoms with Crippen molar-refractivity contribution in [1.29, 1.82) is 0 Å². The number of hydrogen-bond acceptors (Lipinski definition) is 5. The molecule has 0 unspecified atom stereocenters. The molecule has 176 valence electrons. The second-order valence-corrected chi connectivity index (χ2v) is 7.67. The van der Waals surface area contributed by atoms with Crippen molar-refractivity contribution >= 4 is 17.2 Å². The first-order chi connectivity index (χ1) is 16.8. The van der Waals surface area contributed by atoms with Crippen molar-refractivity contribution in [3.8, 4) is 17.4 Å². The first-order valence-electron chi connectivity index (χ1n) is 10.4. The van der Waals surface area contributed by atoms with Gasteiger partial charge >= 0.3 is 6.01 Å². The van der Waals surface area contributed by atoms with E-state index in [-0.39, 0.29) is 23.0 Å². The second kappa shape index (κ2) is 8.52. The van der Waals surface area contributed by atoms with E-state index >= 15 is 0 Å². The Morgan fingerprint density at radius 1 is 1.06 bits per heavy atom. The fourth-order valence-electron chi connectivity index (χ4n) is 3.71. The average Bonchev–Trinajstić information content (AvgIpc) is 3.40.